The predicted molar refractivity (Wildman–Crippen MR) is 93.0 cm³/mol. The molecule has 128 valence electrons. The van der Waals surface area contributed by atoms with Crippen LogP contribution in [-0.4, -0.2) is 24.5 Å². The molecule has 7 nitrogen and oxygen atoms in total. The van der Waals surface area contributed by atoms with E-state index in [0.29, 0.717) is 28.5 Å². The predicted octanol–water partition coefficient (Wildman–Crippen LogP) is 3.11. The van der Waals surface area contributed by atoms with Crippen LogP contribution in [0.25, 0.3) is 6.08 Å². The molecule has 0 atom stereocenters. The second kappa shape index (κ2) is 6.94. The maximum atomic E-state index is 12.7. The SMILES string of the molecule is CCOc1ccc(N2C(=O)NC(=O)/C(=C\c3ccc(Br)o3)C2=O)cc1. The van der Waals surface area contributed by atoms with Crippen LogP contribution in [0.3, 0.4) is 0 Å². The number of benzene rings is 1. The van der Waals surface area contributed by atoms with E-state index in [1.54, 1.807) is 36.4 Å². The van der Waals surface area contributed by atoms with E-state index in [1.165, 1.54) is 6.08 Å². The smallest absolute Gasteiger partial charge is 0.335 e. The molecule has 0 saturated carbocycles. The number of ether oxygens (including phenoxy) is 1. The zero-order chi connectivity index (χ0) is 18.0. The number of hydrogen-bond acceptors (Lipinski definition) is 5. The Morgan fingerprint density at radius 2 is 1.88 bits per heavy atom. The van der Waals surface area contributed by atoms with Crippen LogP contribution in [0, 0.1) is 0 Å². The van der Waals surface area contributed by atoms with Gasteiger partial charge in [-0.15, -0.1) is 0 Å². The van der Waals surface area contributed by atoms with Crippen molar-refractivity contribution < 1.29 is 23.5 Å². The molecular formula is C17H13BrN2O5. The van der Waals surface area contributed by atoms with Gasteiger partial charge in [0.05, 0.1) is 12.3 Å². The van der Waals surface area contributed by atoms with Gasteiger partial charge in [-0.1, -0.05) is 0 Å². The van der Waals surface area contributed by atoms with Crippen molar-refractivity contribution in [2.75, 3.05) is 11.5 Å². The summed E-state index contributed by atoms with van der Waals surface area (Å²) in [5.41, 5.74) is 0.125. The molecule has 1 N–H and O–H groups in total. The van der Waals surface area contributed by atoms with Gasteiger partial charge < -0.3 is 9.15 Å². The maximum absolute atomic E-state index is 12.7. The lowest BCUT2D eigenvalue weighted by Crippen LogP contribution is -2.54. The molecule has 8 heteroatoms. The van der Waals surface area contributed by atoms with Crippen molar-refractivity contribution in [3.8, 4) is 5.75 Å². The van der Waals surface area contributed by atoms with E-state index in [2.05, 4.69) is 21.2 Å². The van der Waals surface area contributed by atoms with Crippen LogP contribution in [0.1, 0.15) is 12.7 Å². The molecule has 1 fully saturated rings. The number of anilines is 1. The van der Waals surface area contributed by atoms with E-state index < -0.39 is 17.8 Å². The normalized spacial score (nSPS) is 16.3. The average Bonchev–Trinajstić information content (AvgIpc) is 2.98. The average molecular weight is 405 g/mol. The number of nitrogens with one attached hydrogen (secondary N) is 1. The molecule has 2 heterocycles. The summed E-state index contributed by atoms with van der Waals surface area (Å²) in [5.74, 6) is -0.579. The molecule has 0 aliphatic carbocycles. The van der Waals surface area contributed by atoms with Crippen LogP contribution >= 0.6 is 15.9 Å². The number of amides is 4. The second-order valence-electron chi connectivity index (χ2n) is 5.03. The minimum Gasteiger partial charge on any atom is -0.494 e. The largest absolute Gasteiger partial charge is 0.494 e. The third-order valence-electron chi connectivity index (χ3n) is 3.39. The Kier molecular flexibility index (Phi) is 4.71. The van der Waals surface area contributed by atoms with Crippen LogP contribution < -0.4 is 15.0 Å². The Labute approximate surface area is 151 Å². The monoisotopic (exact) mass is 404 g/mol. The molecule has 1 aromatic carbocycles. The zero-order valence-corrected chi connectivity index (χ0v) is 14.7. The zero-order valence-electron chi connectivity index (χ0n) is 13.1. The molecule has 0 radical (unpaired) electrons. The molecule has 1 saturated heterocycles. The van der Waals surface area contributed by atoms with E-state index in [0.717, 1.165) is 4.90 Å². The van der Waals surface area contributed by atoms with Gasteiger partial charge in [0.15, 0.2) is 4.67 Å². The van der Waals surface area contributed by atoms with Gasteiger partial charge >= 0.3 is 6.03 Å². The molecule has 25 heavy (non-hydrogen) atoms. The van der Waals surface area contributed by atoms with Crippen molar-refractivity contribution in [3.63, 3.8) is 0 Å². The molecular weight excluding hydrogens is 392 g/mol. The Hall–Kier alpha value is -2.87. The number of nitrogens with zero attached hydrogens (tertiary/aromatic N) is 1. The van der Waals surface area contributed by atoms with Crippen LogP contribution in [0.4, 0.5) is 10.5 Å². The number of imide groups is 2. The first-order valence-electron chi connectivity index (χ1n) is 7.39. The van der Waals surface area contributed by atoms with E-state index >= 15 is 0 Å². The summed E-state index contributed by atoms with van der Waals surface area (Å²) in [6.45, 7) is 2.35. The molecule has 1 aliphatic heterocycles. The minimum atomic E-state index is -0.808. The molecule has 0 bridgehead atoms. The van der Waals surface area contributed by atoms with Crippen LogP contribution in [-0.2, 0) is 9.59 Å². The fourth-order valence-electron chi connectivity index (χ4n) is 2.30. The molecule has 4 amide bonds. The van der Waals surface area contributed by atoms with Gasteiger partial charge in [0.2, 0.25) is 0 Å². The maximum Gasteiger partial charge on any atom is 0.335 e. The number of carbonyl (C=O) groups excluding carboxylic acids is 3. The summed E-state index contributed by atoms with van der Waals surface area (Å²) in [6.07, 6.45) is 1.29. The van der Waals surface area contributed by atoms with Gasteiger partial charge in [-0.2, -0.15) is 0 Å². The van der Waals surface area contributed by atoms with Gasteiger partial charge in [0.1, 0.15) is 17.1 Å². The van der Waals surface area contributed by atoms with E-state index in [4.69, 9.17) is 9.15 Å². The van der Waals surface area contributed by atoms with E-state index in [1.807, 2.05) is 6.92 Å². The van der Waals surface area contributed by atoms with Crippen molar-refractivity contribution in [3.05, 3.63) is 52.4 Å². The van der Waals surface area contributed by atoms with Crippen LogP contribution in [0.2, 0.25) is 0 Å². The van der Waals surface area contributed by atoms with Gasteiger partial charge in [-0.25, -0.2) is 9.69 Å². The van der Waals surface area contributed by atoms with Crippen molar-refractivity contribution in [2.45, 2.75) is 6.92 Å². The number of carbonyl (C=O) groups is 3. The molecule has 2 aromatic rings. The molecule has 1 aromatic heterocycles. The third kappa shape index (κ3) is 3.48. The highest BCUT2D eigenvalue weighted by atomic mass is 79.9. The lowest BCUT2D eigenvalue weighted by molar-refractivity contribution is -0.122. The minimum absolute atomic E-state index is 0.199. The van der Waals surface area contributed by atoms with Crippen molar-refractivity contribution >= 4 is 45.5 Å². The summed E-state index contributed by atoms with van der Waals surface area (Å²) in [6, 6.07) is 8.84. The van der Waals surface area contributed by atoms with Crippen molar-refractivity contribution in [2.24, 2.45) is 0 Å². The Morgan fingerprint density at radius 3 is 2.48 bits per heavy atom. The number of furan rings is 1. The summed E-state index contributed by atoms with van der Waals surface area (Å²) in [5, 5.41) is 2.15. The summed E-state index contributed by atoms with van der Waals surface area (Å²) in [4.78, 5) is 37.7. The molecule has 0 unspecified atom stereocenters. The molecule has 3 rings (SSSR count). The van der Waals surface area contributed by atoms with Crippen LogP contribution in [0.5, 0.6) is 5.75 Å². The van der Waals surface area contributed by atoms with Gasteiger partial charge in [-0.3, -0.25) is 14.9 Å². The number of barbiturate groups is 1. The number of halogens is 1. The van der Waals surface area contributed by atoms with Crippen molar-refractivity contribution in [1.29, 1.82) is 0 Å². The van der Waals surface area contributed by atoms with Gasteiger partial charge in [0.25, 0.3) is 11.8 Å². The summed E-state index contributed by atoms with van der Waals surface area (Å²) < 4.78 is 11.1. The van der Waals surface area contributed by atoms with Crippen molar-refractivity contribution in [1.82, 2.24) is 5.32 Å². The number of rotatable bonds is 4. The third-order valence-corrected chi connectivity index (χ3v) is 3.81. The number of hydrogen-bond donors (Lipinski definition) is 1. The second-order valence-corrected chi connectivity index (χ2v) is 5.81. The Morgan fingerprint density at radius 1 is 1.16 bits per heavy atom. The fourth-order valence-corrected chi connectivity index (χ4v) is 2.62. The topological polar surface area (TPSA) is 88.8 Å². The lowest BCUT2D eigenvalue weighted by Gasteiger charge is -2.26. The van der Waals surface area contributed by atoms with Crippen LogP contribution in [0.15, 0.2) is 51.1 Å². The summed E-state index contributed by atoms with van der Waals surface area (Å²) in [7, 11) is 0. The number of urea groups is 1. The highest BCUT2D eigenvalue weighted by Gasteiger charge is 2.37. The Bertz CT molecular complexity index is 869. The van der Waals surface area contributed by atoms with E-state index in [9.17, 15) is 14.4 Å². The first-order valence-corrected chi connectivity index (χ1v) is 8.18. The standard InChI is InChI=1S/C17H13BrN2O5/c1-2-24-11-5-3-10(4-6-11)20-16(22)13(15(21)19-17(20)23)9-12-7-8-14(18)25-12/h3-9H,2H2,1H3,(H,19,21,23)/b13-9+. The lowest BCUT2D eigenvalue weighted by atomic mass is 10.1. The summed E-state index contributed by atoms with van der Waals surface area (Å²) >= 11 is 3.15. The first kappa shape index (κ1) is 17.0. The highest BCUT2D eigenvalue weighted by molar-refractivity contribution is 9.10. The fraction of sp³-hybridized carbons (Fsp3) is 0.118. The highest BCUT2D eigenvalue weighted by Crippen LogP contribution is 2.25. The van der Waals surface area contributed by atoms with Gasteiger partial charge in [0, 0.05) is 0 Å². The Balaban J connectivity index is 1.93. The van der Waals surface area contributed by atoms with Gasteiger partial charge in [-0.05, 0) is 65.3 Å². The molecule has 0 spiro atoms. The first-order chi connectivity index (χ1) is 12.0. The quantitative estimate of drug-likeness (QED) is 0.624. The van der Waals surface area contributed by atoms with E-state index in [-0.39, 0.29) is 5.57 Å². The molecule has 1 aliphatic rings.